The Morgan fingerprint density at radius 1 is 1.18 bits per heavy atom. The highest BCUT2D eigenvalue weighted by Gasteiger charge is 2.28. The molecule has 28 heavy (non-hydrogen) atoms. The number of benzene rings is 1. The molecule has 1 fully saturated rings. The molecule has 0 bridgehead atoms. The van der Waals surface area contributed by atoms with Gasteiger partial charge in [-0.1, -0.05) is 26.7 Å². The molecule has 3 unspecified atom stereocenters. The monoisotopic (exact) mass is 393 g/mol. The van der Waals surface area contributed by atoms with Gasteiger partial charge in [-0.15, -0.1) is 0 Å². The first-order valence-electron chi connectivity index (χ1n) is 9.05. The smallest absolute Gasteiger partial charge is 0.311 e. The highest BCUT2D eigenvalue weighted by molar-refractivity contribution is 5.82. The van der Waals surface area contributed by atoms with Crippen molar-refractivity contribution in [1.29, 1.82) is 0 Å². The van der Waals surface area contributed by atoms with Crippen LogP contribution >= 0.6 is 0 Å². The third kappa shape index (κ3) is 5.48. The van der Waals surface area contributed by atoms with Gasteiger partial charge in [0.05, 0.1) is 22.3 Å². The summed E-state index contributed by atoms with van der Waals surface area (Å²) in [6.45, 7) is 3.74. The van der Waals surface area contributed by atoms with Crippen LogP contribution in [0.3, 0.4) is 0 Å². The fraction of sp³-hybridized carbons (Fsp3) is 0.556. The number of rotatable bonds is 7. The molecule has 2 rings (SSSR count). The molecule has 0 aromatic heterocycles. The van der Waals surface area contributed by atoms with Gasteiger partial charge in [0, 0.05) is 17.7 Å². The summed E-state index contributed by atoms with van der Waals surface area (Å²) in [5, 5.41) is 24.7. The van der Waals surface area contributed by atoms with Crippen molar-refractivity contribution in [3.05, 3.63) is 44.0 Å². The van der Waals surface area contributed by atoms with Crippen LogP contribution in [0.1, 0.15) is 38.7 Å². The van der Waals surface area contributed by atoms with Crippen molar-refractivity contribution in [2.24, 2.45) is 11.8 Å². The highest BCUT2D eigenvalue weighted by Crippen LogP contribution is 2.29. The fourth-order valence-corrected chi connectivity index (χ4v) is 3.37. The molecule has 1 aromatic rings. The number of hydrogen-bond donors (Lipinski definition) is 1. The largest absolute Gasteiger partial charge is 0.455 e. The van der Waals surface area contributed by atoms with Crippen LogP contribution in [0.25, 0.3) is 0 Å². The molecule has 0 heterocycles. The number of nitro benzene ring substituents is 2. The number of non-ortho nitro benzene ring substituents is 1. The molecular weight excluding hydrogens is 370 g/mol. The van der Waals surface area contributed by atoms with E-state index in [1.165, 1.54) is 0 Å². The van der Waals surface area contributed by atoms with Crippen molar-refractivity contribution in [3.8, 4) is 0 Å². The zero-order valence-corrected chi connectivity index (χ0v) is 15.8. The van der Waals surface area contributed by atoms with Crippen molar-refractivity contribution >= 4 is 23.3 Å². The summed E-state index contributed by atoms with van der Waals surface area (Å²) in [4.78, 5) is 44.3. The van der Waals surface area contributed by atoms with Crippen LogP contribution in [0.4, 0.5) is 11.4 Å². The number of amides is 1. The van der Waals surface area contributed by atoms with Crippen LogP contribution in [0, 0.1) is 32.1 Å². The minimum atomic E-state index is -0.822. The summed E-state index contributed by atoms with van der Waals surface area (Å²) < 4.78 is 4.92. The van der Waals surface area contributed by atoms with Crippen molar-refractivity contribution in [3.63, 3.8) is 0 Å². The average Bonchev–Trinajstić information content (AvgIpc) is 2.63. The molecule has 1 aromatic carbocycles. The Labute approximate surface area is 161 Å². The van der Waals surface area contributed by atoms with Crippen LogP contribution in [0.2, 0.25) is 0 Å². The molecule has 152 valence electrons. The molecule has 10 nitrogen and oxygen atoms in total. The average molecular weight is 393 g/mol. The molecule has 1 N–H and O–H groups in total. The van der Waals surface area contributed by atoms with Gasteiger partial charge in [-0.05, 0) is 24.3 Å². The van der Waals surface area contributed by atoms with Crippen molar-refractivity contribution < 1.29 is 24.2 Å². The molecule has 10 heteroatoms. The SMILES string of the molecule is CC1CCCC(NC(=O)COC(=O)Cc2ccc([N+](=O)[O-])cc2[N+](=O)[O-])C1C. The molecule has 1 aliphatic rings. The summed E-state index contributed by atoms with van der Waals surface area (Å²) in [6.07, 6.45) is 2.56. The number of nitrogens with one attached hydrogen (secondary N) is 1. The van der Waals surface area contributed by atoms with Crippen LogP contribution in [0.5, 0.6) is 0 Å². The number of esters is 1. The van der Waals surface area contributed by atoms with Crippen molar-refractivity contribution in [2.75, 3.05) is 6.61 Å². The van der Waals surface area contributed by atoms with Gasteiger partial charge in [-0.2, -0.15) is 0 Å². The zero-order valence-electron chi connectivity index (χ0n) is 15.8. The van der Waals surface area contributed by atoms with E-state index in [-0.39, 0.29) is 11.6 Å². The minimum absolute atomic E-state index is 0.0178. The highest BCUT2D eigenvalue weighted by atomic mass is 16.6. The summed E-state index contributed by atoms with van der Waals surface area (Å²) in [5.74, 6) is -0.407. The summed E-state index contributed by atoms with van der Waals surface area (Å²) in [7, 11) is 0. The predicted octanol–water partition coefficient (Wildman–Crippen LogP) is 2.53. The van der Waals surface area contributed by atoms with Gasteiger partial charge < -0.3 is 10.1 Å². The Bertz CT molecular complexity index is 780. The zero-order chi connectivity index (χ0) is 20.8. The minimum Gasteiger partial charge on any atom is -0.455 e. The van der Waals surface area contributed by atoms with E-state index in [0.29, 0.717) is 11.8 Å². The first-order chi connectivity index (χ1) is 13.2. The number of nitro groups is 2. The van der Waals surface area contributed by atoms with Crippen LogP contribution in [-0.2, 0) is 20.7 Å². The van der Waals surface area contributed by atoms with E-state index in [0.717, 1.165) is 37.5 Å². The molecule has 3 atom stereocenters. The number of carbonyl (C=O) groups excluding carboxylic acids is 2. The van der Waals surface area contributed by atoms with Gasteiger partial charge in [0.15, 0.2) is 6.61 Å². The number of ether oxygens (including phenoxy) is 1. The van der Waals surface area contributed by atoms with Gasteiger partial charge in [0.1, 0.15) is 0 Å². The van der Waals surface area contributed by atoms with Gasteiger partial charge in [0.2, 0.25) is 0 Å². The Morgan fingerprint density at radius 3 is 2.54 bits per heavy atom. The lowest BCUT2D eigenvalue weighted by molar-refractivity contribution is -0.394. The van der Waals surface area contributed by atoms with Crippen molar-refractivity contribution in [1.82, 2.24) is 5.32 Å². The lowest BCUT2D eigenvalue weighted by atomic mass is 9.78. The summed E-state index contributed by atoms with van der Waals surface area (Å²) in [6, 6.07) is 3.04. The molecule has 0 spiro atoms. The van der Waals surface area contributed by atoms with Crippen LogP contribution in [-0.4, -0.2) is 34.4 Å². The van der Waals surface area contributed by atoms with Gasteiger partial charge in [-0.25, -0.2) is 0 Å². The first-order valence-corrected chi connectivity index (χ1v) is 9.05. The number of hydrogen-bond acceptors (Lipinski definition) is 7. The summed E-state index contributed by atoms with van der Waals surface area (Å²) in [5.41, 5.74) is -1.00. The Morgan fingerprint density at radius 2 is 1.89 bits per heavy atom. The lowest BCUT2D eigenvalue weighted by Gasteiger charge is -2.34. The maximum Gasteiger partial charge on any atom is 0.311 e. The third-order valence-electron chi connectivity index (χ3n) is 5.23. The normalized spacial score (nSPS) is 21.6. The van der Waals surface area contributed by atoms with E-state index < -0.39 is 46.1 Å². The van der Waals surface area contributed by atoms with E-state index in [2.05, 4.69) is 19.2 Å². The van der Waals surface area contributed by atoms with Crippen LogP contribution < -0.4 is 5.32 Å². The molecule has 0 saturated heterocycles. The van der Waals surface area contributed by atoms with E-state index in [1.54, 1.807) is 0 Å². The second-order valence-electron chi connectivity index (χ2n) is 7.11. The second kappa shape index (κ2) is 9.25. The van der Waals surface area contributed by atoms with E-state index in [1.807, 2.05) is 0 Å². The molecule has 1 amide bonds. The molecular formula is C18H23N3O7. The maximum atomic E-state index is 12.0. The Balaban J connectivity index is 1.91. The molecule has 1 saturated carbocycles. The van der Waals surface area contributed by atoms with E-state index >= 15 is 0 Å². The lowest BCUT2D eigenvalue weighted by Crippen LogP contribution is -2.45. The van der Waals surface area contributed by atoms with E-state index in [4.69, 9.17) is 4.74 Å². The standard InChI is InChI=1S/C18H23N3O7/c1-11-4-3-5-15(12(11)2)19-17(22)10-28-18(23)8-13-6-7-14(20(24)25)9-16(13)21(26)27/h6-7,9,11-12,15H,3-5,8,10H2,1-2H3,(H,19,22). The molecule has 1 aliphatic carbocycles. The summed E-state index contributed by atoms with van der Waals surface area (Å²) >= 11 is 0. The number of nitrogens with zero attached hydrogens (tertiary/aromatic N) is 2. The maximum absolute atomic E-state index is 12.0. The quantitative estimate of drug-likeness (QED) is 0.426. The number of carbonyl (C=O) groups is 2. The molecule has 0 radical (unpaired) electrons. The van der Waals surface area contributed by atoms with Gasteiger partial charge in [0.25, 0.3) is 17.3 Å². The van der Waals surface area contributed by atoms with Crippen LogP contribution in [0.15, 0.2) is 18.2 Å². The second-order valence-corrected chi connectivity index (χ2v) is 7.11. The first kappa shape index (κ1) is 21.3. The Hall–Kier alpha value is -3.04. The van der Waals surface area contributed by atoms with Gasteiger partial charge >= 0.3 is 5.97 Å². The van der Waals surface area contributed by atoms with Gasteiger partial charge in [-0.3, -0.25) is 29.8 Å². The Kier molecular flexibility index (Phi) is 7.02. The third-order valence-corrected chi connectivity index (χ3v) is 5.23. The molecule has 0 aliphatic heterocycles. The predicted molar refractivity (Wildman–Crippen MR) is 98.5 cm³/mol. The topological polar surface area (TPSA) is 142 Å². The van der Waals surface area contributed by atoms with E-state index in [9.17, 15) is 29.8 Å². The fourth-order valence-electron chi connectivity index (χ4n) is 3.37. The van der Waals surface area contributed by atoms with Crippen molar-refractivity contribution in [2.45, 2.75) is 45.6 Å².